The number of amides is 1. The summed E-state index contributed by atoms with van der Waals surface area (Å²) >= 11 is 0. The van der Waals surface area contributed by atoms with E-state index in [4.69, 9.17) is 4.74 Å². The molecule has 27 heavy (non-hydrogen) atoms. The number of hydrogen-bond donors (Lipinski definition) is 1. The smallest absolute Gasteiger partial charge is 0.284 e. The molecule has 2 aromatic heterocycles. The third-order valence-electron chi connectivity index (χ3n) is 4.54. The van der Waals surface area contributed by atoms with E-state index in [0.29, 0.717) is 12.2 Å². The minimum Gasteiger partial charge on any atom is -0.376 e. The number of aromatic nitrogens is 5. The Kier molecular flexibility index (Phi) is 4.68. The highest BCUT2D eigenvalue weighted by atomic mass is 16.5. The lowest BCUT2D eigenvalue weighted by Crippen LogP contribution is -2.36. The predicted octanol–water partition coefficient (Wildman–Crippen LogP) is 0.581. The molecule has 0 bridgehead atoms. The highest BCUT2D eigenvalue weighted by Gasteiger charge is 2.18. The van der Waals surface area contributed by atoms with Crippen LogP contribution in [0.4, 0.5) is 0 Å². The Morgan fingerprint density at radius 3 is 3.07 bits per heavy atom. The zero-order chi connectivity index (χ0) is 18.8. The van der Waals surface area contributed by atoms with Gasteiger partial charge >= 0.3 is 0 Å². The molecule has 0 radical (unpaired) electrons. The van der Waals surface area contributed by atoms with Crippen LogP contribution in [0.3, 0.4) is 0 Å². The van der Waals surface area contributed by atoms with Crippen molar-refractivity contribution in [2.75, 3.05) is 13.2 Å². The lowest BCUT2D eigenvalue weighted by Gasteiger charge is -2.11. The summed E-state index contributed by atoms with van der Waals surface area (Å²) in [4.78, 5) is 29.1. The van der Waals surface area contributed by atoms with Gasteiger partial charge in [0.2, 0.25) is 5.91 Å². The second kappa shape index (κ2) is 7.28. The average Bonchev–Trinajstić information content (AvgIpc) is 3.32. The lowest BCUT2D eigenvalue weighted by atomic mass is 10.2. The standard InChI is InChI=1S/C18H20N6O3/c1-12-4-2-5-13(8-12)24-17-16(21-22-24)18(26)23(11-20-17)10-15(25)19-9-14-6-3-7-27-14/h2,4-5,8,11,14H,3,6-7,9-10H2,1H3,(H,19,25)/t14-/m0/s1. The van der Waals surface area contributed by atoms with E-state index in [1.54, 1.807) is 0 Å². The monoisotopic (exact) mass is 368 g/mol. The summed E-state index contributed by atoms with van der Waals surface area (Å²) in [7, 11) is 0. The van der Waals surface area contributed by atoms with Crippen molar-refractivity contribution in [3.8, 4) is 5.69 Å². The maximum Gasteiger partial charge on any atom is 0.284 e. The van der Waals surface area contributed by atoms with E-state index < -0.39 is 5.56 Å². The third kappa shape index (κ3) is 3.59. The minimum atomic E-state index is -0.397. The summed E-state index contributed by atoms with van der Waals surface area (Å²) in [5.74, 6) is -0.264. The van der Waals surface area contributed by atoms with Crippen LogP contribution in [0, 0.1) is 6.92 Å². The molecule has 1 aliphatic rings. The fourth-order valence-electron chi connectivity index (χ4n) is 3.13. The molecule has 1 aromatic carbocycles. The first-order valence-electron chi connectivity index (χ1n) is 8.88. The lowest BCUT2D eigenvalue weighted by molar-refractivity contribution is -0.122. The first kappa shape index (κ1) is 17.3. The summed E-state index contributed by atoms with van der Waals surface area (Å²) in [6, 6.07) is 7.67. The van der Waals surface area contributed by atoms with Crippen molar-refractivity contribution in [3.05, 3.63) is 46.5 Å². The molecular formula is C18H20N6O3. The zero-order valence-electron chi connectivity index (χ0n) is 15.0. The van der Waals surface area contributed by atoms with Gasteiger partial charge in [-0.2, -0.15) is 4.68 Å². The van der Waals surface area contributed by atoms with Crippen molar-refractivity contribution < 1.29 is 9.53 Å². The van der Waals surface area contributed by atoms with Crippen molar-refractivity contribution in [3.63, 3.8) is 0 Å². The zero-order valence-corrected chi connectivity index (χ0v) is 15.0. The molecule has 1 atom stereocenters. The third-order valence-corrected chi connectivity index (χ3v) is 4.54. The molecule has 0 saturated carbocycles. The number of nitrogens with zero attached hydrogens (tertiary/aromatic N) is 5. The Morgan fingerprint density at radius 2 is 2.30 bits per heavy atom. The number of aryl methyl sites for hydroxylation is 1. The van der Waals surface area contributed by atoms with Crippen LogP contribution in [-0.4, -0.2) is 49.7 Å². The van der Waals surface area contributed by atoms with Gasteiger partial charge in [-0.1, -0.05) is 17.3 Å². The topological polar surface area (TPSA) is 104 Å². The van der Waals surface area contributed by atoms with E-state index in [1.807, 2.05) is 31.2 Å². The minimum absolute atomic E-state index is 0.0560. The normalized spacial score (nSPS) is 16.7. The Morgan fingerprint density at radius 1 is 1.41 bits per heavy atom. The number of carbonyl (C=O) groups is 1. The average molecular weight is 368 g/mol. The predicted molar refractivity (Wildman–Crippen MR) is 97.6 cm³/mol. The van der Waals surface area contributed by atoms with E-state index in [0.717, 1.165) is 30.7 Å². The van der Waals surface area contributed by atoms with Crippen molar-refractivity contribution in [1.29, 1.82) is 0 Å². The van der Waals surface area contributed by atoms with E-state index in [2.05, 4.69) is 20.6 Å². The molecular weight excluding hydrogens is 348 g/mol. The number of benzene rings is 1. The van der Waals surface area contributed by atoms with Gasteiger partial charge in [-0.05, 0) is 37.5 Å². The summed E-state index contributed by atoms with van der Waals surface area (Å²) in [5, 5.41) is 10.8. The van der Waals surface area contributed by atoms with Gasteiger partial charge in [-0.3, -0.25) is 14.2 Å². The number of rotatable bonds is 5. The van der Waals surface area contributed by atoms with Gasteiger partial charge in [0.05, 0.1) is 11.8 Å². The van der Waals surface area contributed by atoms with Crippen LogP contribution in [0.5, 0.6) is 0 Å². The van der Waals surface area contributed by atoms with Crippen molar-refractivity contribution in [1.82, 2.24) is 29.9 Å². The van der Waals surface area contributed by atoms with Crippen molar-refractivity contribution in [2.45, 2.75) is 32.4 Å². The fraction of sp³-hybridized carbons (Fsp3) is 0.389. The van der Waals surface area contributed by atoms with Gasteiger partial charge in [0.15, 0.2) is 11.2 Å². The molecule has 0 unspecified atom stereocenters. The van der Waals surface area contributed by atoms with Crippen LogP contribution in [0.25, 0.3) is 16.9 Å². The van der Waals surface area contributed by atoms with Gasteiger partial charge in [0, 0.05) is 13.2 Å². The summed E-state index contributed by atoms with van der Waals surface area (Å²) in [6.07, 6.45) is 3.36. The molecule has 4 rings (SSSR count). The van der Waals surface area contributed by atoms with Crippen LogP contribution in [0.15, 0.2) is 35.4 Å². The van der Waals surface area contributed by atoms with E-state index in [9.17, 15) is 9.59 Å². The Hall–Kier alpha value is -3.07. The van der Waals surface area contributed by atoms with E-state index in [1.165, 1.54) is 15.6 Å². The largest absolute Gasteiger partial charge is 0.376 e. The number of nitrogens with one attached hydrogen (secondary N) is 1. The number of carbonyl (C=O) groups excluding carboxylic acids is 1. The van der Waals surface area contributed by atoms with Gasteiger partial charge in [-0.15, -0.1) is 5.10 Å². The second-order valence-corrected chi connectivity index (χ2v) is 6.63. The number of fused-ring (bicyclic) bond motifs is 1. The quantitative estimate of drug-likeness (QED) is 0.707. The van der Waals surface area contributed by atoms with Gasteiger partial charge in [-0.25, -0.2) is 4.98 Å². The molecule has 0 spiro atoms. The molecule has 9 heteroatoms. The Balaban J connectivity index is 1.54. The molecule has 3 heterocycles. The van der Waals surface area contributed by atoms with Crippen molar-refractivity contribution in [2.24, 2.45) is 0 Å². The molecule has 1 aliphatic heterocycles. The molecule has 1 fully saturated rings. The first-order chi connectivity index (χ1) is 13.1. The molecule has 0 aliphatic carbocycles. The Bertz CT molecular complexity index is 1030. The fourth-order valence-corrected chi connectivity index (χ4v) is 3.13. The van der Waals surface area contributed by atoms with Crippen LogP contribution in [0.2, 0.25) is 0 Å². The van der Waals surface area contributed by atoms with Crippen molar-refractivity contribution >= 4 is 17.1 Å². The SMILES string of the molecule is Cc1cccc(-n2nnc3c(=O)n(CC(=O)NC[C@@H]4CCCO4)cnc32)c1. The highest BCUT2D eigenvalue weighted by molar-refractivity contribution is 5.76. The molecule has 9 nitrogen and oxygen atoms in total. The molecule has 140 valence electrons. The van der Waals surface area contributed by atoms with E-state index >= 15 is 0 Å². The van der Waals surface area contributed by atoms with Crippen LogP contribution >= 0.6 is 0 Å². The van der Waals surface area contributed by atoms with Gasteiger partial charge in [0.1, 0.15) is 12.9 Å². The molecule has 1 N–H and O–H groups in total. The number of ether oxygens (including phenoxy) is 1. The maximum absolute atomic E-state index is 12.6. The summed E-state index contributed by atoms with van der Waals surface area (Å²) < 4.78 is 8.23. The second-order valence-electron chi connectivity index (χ2n) is 6.63. The first-order valence-corrected chi connectivity index (χ1v) is 8.88. The van der Waals surface area contributed by atoms with Crippen LogP contribution < -0.4 is 10.9 Å². The summed E-state index contributed by atoms with van der Waals surface area (Å²) in [6.45, 7) is 3.04. The molecule has 3 aromatic rings. The van der Waals surface area contributed by atoms with Crippen LogP contribution in [0.1, 0.15) is 18.4 Å². The highest BCUT2D eigenvalue weighted by Crippen LogP contribution is 2.13. The molecule has 1 saturated heterocycles. The van der Waals surface area contributed by atoms with Crippen LogP contribution in [-0.2, 0) is 16.1 Å². The maximum atomic E-state index is 12.6. The van der Waals surface area contributed by atoms with Gasteiger partial charge < -0.3 is 10.1 Å². The summed E-state index contributed by atoms with van der Waals surface area (Å²) in [5.41, 5.74) is 1.93. The van der Waals surface area contributed by atoms with E-state index in [-0.39, 0.29) is 24.1 Å². The van der Waals surface area contributed by atoms with Gasteiger partial charge in [0.25, 0.3) is 5.56 Å². The molecule has 1 amide bonds. The number of hydrogen-bond acceptors (Lipinski definition) is 6. The Labute approximate surface area is 155 Å².